The fourth-order valence-corrected chi connectivity index (χ4v) is 2.20. The van der Waals surface area contributed by atoms with Gasteiger partial charge in [-0.2, -0.15) is 0 Å². The van der Waals surface area contributed by atoms with Crippen molar-refractivity contribution in [3.63, 3.8) is 0 Å². The standard InChI is InChI=1S/C11H18N4S/c1-16-11-14-9(12)7-10(15-11)13-6-5-8-3-2-4-8/h7-8H,2-6H2,1H3,(H3,12,13,14,15). The van der Waals surface area contributed by atoms with Gasteiger partial charge in [0.25, 0.3) is 0 Å². The summed E-state index contributed by atoms with van der Waals surface area (Å²) in [6.45, 7) is 0.981. The van der Waals surface area contributed by atoms with Crippen molar-refractivity contribution in [3.05, 3.63) is 6.07 Å². The van der Waals surface area contributed by atoms with Crippen LogP contribution in [0.25, 0.3) is 0 Å². The molecule has 2 rings (SSSR count). The molecule has 1 saturated carbocycles. The minimum atomic E-state index is 0.533. The Morgan fingerprint density at radius 1 is 1.50 bits per heavy atom. The molecule has 5 heteroatoms. The van der Waals surface area contributed by atoms with Crippen LogP contribution in [-0.2, 0) is 0 Å². The Labute approximate surface area is 100 Å². The van der Waals surface area contributed by atoms with Crippen LogP contribution in [-0.4, -0.2) is 22.8 Å². The Balaban J connectivity index is 1.84. The van der Waals surface area contributed by atoms with Gasteiger partial charge in [0.1, 0.15) is 11.6 Å². The summed E-state index contributed by atoms with van der Waals surface area (Å²) in [4.78, 5) is 8.47. The van der Waals surface area contributed by atoms with E-state index < -0.39 is 0 Å². The lowest BCUT2D eigenvalue weighted by Crippen LogP contribution is -2.16. The van der Waals surface area contributed by atoms with Crippen molar-refractivity contribution in [2.45, 2.75) is 30.8 Å². The van der Waals surface area contributed by atoms with Crippen LogP contribution in [0.4, 0.5) is 11.6 Å². The molecule has 88 valence electrons. The van der Waals surface area contributed by atoms with Gasteiger partial charge < -0.3 is 11.1 Å². The topological polar surface area (TPSA) is 63.8 Å². The van der Waals surface area contributed by atoms with E-state index >= 15 is 0 Å². The number of nitrogen functional groups attached to an aromatic ring is 1. The molecule has 0 atom stereocenters. The first-order valence-electron chi connectivity index (χ1n) is 5.70. The van der Waals surface area contributed by atoms with E-state index in [1.165, 1.54) is 37.4 Å². The van der Waals surface area contributed by atoms with E-state index in [4.69, 9.17) is 5.73 Å². The smallest absolute Gasteiger partial charge is 0.191 e. The first-order valence-corrected chi connectivity index (χ1v) is 6.93. The van der Waals surface area contributed by atoms with E-state index in [1.807, 2.05) is 6.26 Å². The van der Waals surface area contributed by atoms with Crippen LogP contribution in [0.15, 0.2) is 11.2 Å². The zero-order valence-electron chi connectivity index (χ0n) is 9.57. The van der Waals surface area contributed by atoms with E-state index in [0.717, 1.165) is 23.4 Å². The number of thioether (sulfide) groups is 1. The predicted molar refractivity (Wildman–Crippen MR) is 68.7 cm³/mol. The minimum Gasteiger partial charge on any atom is -0.383 e. The van der Waals surface area contributed by atoms with Gasteiger partial charge in [0.2, 0.25) is 0 Å². The highest BCUT2D eigenvalue weighted by Crippen LogP contribution is 2.29. The van der Waals surface area contributed by atoms with Gasteiger partial charge in [-0.1, -0.05) is 31.0 Å². The first kappa shape index (κ1) is 11.5. The second kappa shape index (κ2) is 5.39. The molecule has 0 spiro atoms. The average molecular weight is 238 g/mol. The van der Waals surface area contributed by atoms with E-state index in [2.05, 4.69) is 15.3 Å². The fourth-order valence-electron chi connectivity index (χ4n) is 1.81. The van der Waals surface area contributed by atoms with Crippen molar-refractivity contribution < 1.29 is 0 Å². The maximum Gasteiger partial charge on any atom is 0.191 e. The number of hydrogen-bond acceptors (Lipinski definition) is 5. The predicted octanol–water partition coefficient (Wildman–Crippen LogP) is 2.38. The molecule has 0 aliphatic heterocycles. The largest absolute Gasteiger partial charge is 0.383 e. The van der Waals surface area contributed by atoms with Crippen molar-refractivity contribution >= 4 is 23.4 Å². The van der Waals surface area contributed by atoms with Crippen LogP contribution in [0, 0.1) is 5.92 Å². The normalized spacial score (nSPS) is 15.8. The lowest BCUT2D eigenvalue weighted by atomic mass is 9.83. The molecule has 1 aromatic rings. The highest BCUT2D eigenvalue weighted by molar-refractivity contribution is 7.98. The summed E-state index contributed by atoms with van der Waals surface area (Å²) in [5, 5.41) is 4.04. The Bertz CT molecular complexity index is 352. The Morgan fingerprint density at radius 3 is 2.94 bits per heavy atom. The lowest BCUT2D eigenvalue weighted by Gasteiger charge is -2.25. The molecule has 1 fully saturated rings. The van der Waals surface area contributed by atoms with Crippen LogP contribution >= 0.6 is 11.8 Å². The average Bonchev–Trinajstić information content (AvgIpc) is 2.21. The van der Waals surface area contributed by atoms with Gasteiger partial charge in [-0.15, -0.1) is 0 Å². The summed E-state index contributed by atoms with van der Waals surface area (Å²) < 4.78 is 0. The van der Waals surface area contributed by atoms with Crippen LogP contribution in [0.2, 0.25) is 0 Å². The Hall–Kier alpha value is -0.970. The second-order valence-corrected chi connectivity index (χ2v) is 4.95. The molecule has 4 nitrogen and oxygen atoms in total. The molecule has 3 N–H and O–H groups in total. The third-order valence-electron chi connectivity index (χ3n) is 2.99. The maximum absolute atomic E-state index is 5.70. The summed E-state index contributed by atoms with van der Waals surface area (Å²) in [7, 11) is 0. The van der Waals surface area contributed by atoms with Gasteiger partial charge in [-0.25, -0.2) is 9.97 Å². The van der Waals surface area contributed by atoms with Crippen LogP contribution in [0.1, 0.15) is 25.7 Å². The molecule has 0 amide bonds. The van der Waals surface area contributed by atoms with Crippen molar-refractivity contribution in [1.82, 2.24) is 9.97 Å². The molecule has 0 unspecified atom stereocenters. The number of nitrogens with two attached hydrogens (primary N) is 1. The number of rotatable bonds is 5. The van der Waals surface area contributed by atoms with Crippen LogP contribution < -0.4 is 11.1 Å². The number of hydrogen-bond donors (Lipinski definition) is 2. The molecular formula is C11H18N4S. The van der Waals surface area contributed by atoms with Crippen LogP contribution in [0.3, 0.4) is 0 Å². The van der Waals surface area contributed by atoms with E-state index in [9.17, 15) is 0 Å². The van der Waals surface area contributed by atoms with Gasteiger partial charge in [0.15, 0.2) is 5.16 Å². The maximum atomic E-state index is 5.70. The summed E-state index contributed by atoms with van der Waals surface area (Å²) in [6.07, 6.45) is 7.38. The Kier molecular flexibility index (Phi) is 3.88. The monoisotopic (exact) mass is 238 g/mol. The highest BCUT2D eigenvalue weighted by atomic mass is 32.2. The summed E-state index contributed by atoms with van der Waals surface area (Å²) >= 11 is 1.51. The second-order valence-electron chi connectivity index (χ2n) is 4.18. The van der Waals surface area contributed by atoms with E-state index in [-0.39, 0.29) is 0 Å². The minimum absolute atomic E-state index is 0.533. The van der Waals surface area contributed by atoms with Gasteiger partial charge in [-0.3, -0.25) is 0 Å². The van der Waals surface area contributed by atoms with Gasteiger partial charge in [0, 0.05) is 12.6 Å². The first-order chi connectivity index (χ1) is 7.78. The fraction of sp³-hybridized carbons (Fsp3) is 0.636. The zero-order chi connectivity index (χ0) is 11.4. The number of nitrogens with zero attached hydrogens (tertiary/aromatic N) is 2. The van der Waals surface area contributed by atoms with Crippen molar-refractivity contribution in [1.29, 1.82) is 0 Å². The number of nitrogens with one attached hydrogen (secondary N) is 1. The van der Waals surface area contributed by atoms with Crippen LogP contribution in [0.5, 0.6) is 0 Å². The molecule has 1 aromatic heterocycles. The molecule has 0 bridgehead atoms. The third-order valence-corrected chi connectivity index (χ3v) is 3.54. The van der Waals surface area contributed by atoms with Crippen molar-refractivity contribution in [2.75, 3.05) is 23.9 Å². The highest BCUT2D eigenvalue weighted by Gasteiger charge is 2.16. The Morgan fingerprint density at radius 2 is 2.31 bits per heavy atom. The SMILES string of the molecule is CSc1nc(N)cc(NCCC2CCC2)n1. The van der Waals surface area contributed by atoms with Gasteiger partial charge >= 0.3 is 0 Å². The molecule has 0 aromatic carbocycles. The van der Waals surface area contributed by atoms with Crippen molar-refractivity contribution in [3.8, 4) is 0 Å². The molecule has 0 radical (unpaired) electrons. The summed E-state index contributed by atoms with van der Waals surface area (Å²) in [5.41, 5.74) is 5.70. The zero-order valence-corrected chi connectivity index (χ0v) is 10.4. The molecule has 0 saturated heterocycles. The van der Waals surface area contributed by atoms with Gasteiger partial charge in [0.05, 0.1) is 0 Å². The molecule has 1 aliphatic rings. The van der Waals surface area contributed by atoms with Crippen molar-refractivity contribution in [2.24, 2.45) is 5.92 Å². The van der Waals surface area contributed by atoms with E-state index in [0.29, 0.717) is 5.82 Å². The molecule has 1 heterocycles. The molecule has 1 aliphatic carbocycles. The van der Waals surface area contributed by atoms with Gasteiger partial charge in [-0.05, 0) is 18.6 Å². The third kappa shape index (κ3) is 3.01. The summed E-state index contributed by atoms with van der Waals surface area (Å²) in [5.74, 6) is 2.30. The number of anilines is 2. The quantitative estimate of drug-likeness (QED) is 0.609. The lowest BCUT2D eigenvalue weighted by molar-refractivity contribution is 0.303. The van der Waals surface area contributed by atoms with E-state index in [1.54, 1.807) is 6.07 Å². The number of aromatic nitrogens is 2. The molecule has 16 heavy (non-hydrogen) atoms. The molecular weight excluding hydrogens is 220 g/mol. The summed E-state index contributed by atoms with van der Waals surface area (Å²) in [6, 6.07) is 1.79.